The van der Waals surface area contributed by atoms with E-state index in [9.17, 15) is 5.11 Å². The fourth-order valence-corrected chi connectivity index (χ4v) is 3.29. The molecule has 0 atom stereocenters. The third-order valence-corrected chi connectivity index (χ3v) is 4.52. The van der Waals surface area contributed by atoms with Crippen LogP contribution < -0.4 is 18.6 Å². The number of methoxy groups -OCH3 is 3. The summed E-state index contributed by atoms with van der Waals surface area (Å²) in [7, 11) is 4.81. The van der Waals surface area contributed by atoms with E-state index >= 15 is 0 Å². The van der Waals surface area contributed by atoms with E-state index in [1.54, 1.807) is 27.4 Å². The summed E-state index contributed by atoms with van der Waals surface area (Å²) >= 11 is 0. The van der Waals surface area contributed by atoms with Gasteiger partial charge in [0.2, 0.25) is 5.52 Å². The minimum absolute atomic E-state index is 0.132. The van der Waals surface area contributed by atoms with Crippen LogP contribution in [-0.4, -0.2) is 26.4 Å². The van der Waals surface area contributed by atoms with Crippen molar-refractivity contribution in [1.82, 2.24) is 0 Å². The maximum Gasteiger partial charge on any atom is 0.223 e. The molecule has 5 heteroatoms. The van der Waals surface area contributed by atoms with Gasteiger partial charge in [-0.25, -0.2) is 0 Å². The summed E-state index contributed by atoms with van der Waals surface area (Å²) in [5, 5.41) is 14.1. The van der Waals surface area contributed by atoms with Crippen molar-refractivity contribution in [3.63, 3.8) is 0 Å². The first-order valence-corrected chi connectivity index (χ1v) is 7.86. The molecule has 0 fully saturated rings. The number of ether oxygens (including phenoxy) is 3. The normalized spacial score (nSPS) is 11.2. The van der Waals surface area contributed by atoms with Gasteiger partial charge in [-0.3, -0.25) is 0 Å². The zero-order valence-electron chi connectivity index (χ0n) is 14.2. The summed E-state index contributed by atoms with van der Waals surface area (Å²) in [6, 6.07) is 11.6. The Balaban J connectivity index is 2.17. The van der Waals surface area contributed by atoms with E-state index in [-0.39, 0.29) is 5.75 Å². The van der Waals surface area contributed by atoms with Crippen LogP contribution in [0.2, 0.25) is 0 Å². The van der Waals surface area contributed by atoms with Gasteiger partial charge in [0, 0.05) is 12.1 Å². The van der Waals surface area contributed by atoms with E-state index in [0.717, 1.165) is 27.1 Å². The Hall–Kier alpha value is -3.21. The standard InChI is InChI=1S/C20H17NO4/c1-23-16-6-5-13-10-15-18-12(4-7-17(24-2)20(18)25-3)8-9-21(15)11-14(13)19(16)22/h4-11H,1-3H3/p+1. The number of nitrogens with zero attached hydrogens (tertiary/aromatic N) is 1. The molecule has 0 radical (unpaired) electrons. The molecule has 0 unspecified atom stereocenters. The van der Waals surface area contributed by atoms with Gasteiger partial charge in [-0.15, -0.1) is 0 Å². The zero-order chi connectivity index (χ0) is 17.6. The van der Waals surface area contributed by atoms with E-state index in [0.29, 0.717) is 17.2 Å². The number of aromatic nitrogens is 1. The van der Waals surface area contributed by atoms with Crippen molar-refractivity contribution in [3.8, 4) is 23.0 Å². The molecule has 2 heterocycles. The average Bonchev–Trinajstić information content (AvgIpc) is 2.66. The van der Waals surface area contributed by atoms with E-state index in [1.807, 2.05) is 47.1 Å². The van der Waals surface area contributed by atoms with Crippen LogP contribution in [0.15, 0.2) is 48.8 Å². The maximum absolute atomic E-state index is 10.4. The molecule has 0 amide bonds. The Kier molecular flexibility index (Phi) is 3.50. The Morgan fingerprint density at radius 1 is 0.840 bits per heavy atom. The van der Waals surface area contributed by atoms with Gasteiger partial charge in [0.05, 0.1) is 32.1 Å². The topological polar surface area (TPSA) is 52.0 Å². The molecule has 0 saturated heterocycles. The second-order valence-corrected chi connectivity index (χ2v) is 5.77. The molecule has 2 aromatic carbocycles. The molecule has 4 aromatic rings. The smallest absolute Gasteiger partial charge is 0.223 e. The van der Waals surface area contributed by atoms with Gasteiger partial charge < -0.3 is 19.3 Å². The van der Waals surface area contributed by atoms with Gasteiger partial charge in [-0.2, -0.15) is 4.40 Å². The Morgan fingerprint density at radius 2 is 1.56 bits per heavy atom. The fraction of sp³-hybridized carbons (Fsp3) is 0.150. The minimum Gasteiger partial charge on any atom is -0.504 e. The van der Waals surface area contributed by atoms with Crippen LogP contribution in [0.5, 0.6) is 23.0 Å². The molecular weight excluding hydrogens is 318 g/mol. The maximum atomic E-state index is 10.4. The summed E-state index contributed by atoms with van der Waals surface area (Å²) in [4.78, 5) is 0. The predicted molar refractivity (Wildman–Crippen MR) is 95.9 cm³/mol. The van der Waals surface area contributed by atoms with E-state index in [2.05, 4.69) is 0 Å². The van der Waals surface area contributed by atoms with Crippen molar-refractivity contribution in [3.05, 3.63) is 48.8 Å². The van der Waals surface area contributed by atoms with Crippen molar-refractivity contribution >= 4 is 27.1 Å². The molecule has 0 saturated carbocycles. The van der Waals surface area contributed by atoms with Crippen molar-refractivity contribution < 1.29 is 23.7 Å². The Morgan fingerprint density at radius 3 is 2.28 bits per heavy atom. The molecule has 126 valence electrons. The lowest BCUT2D eigenvalue weighted by Crippen LogP contribution is -2.20. The molecule has 1 N–H and O–H groups in total. The van der Waals surface area contributed by atoms with Gasteiger partial charge in [0.25, 0.3) is 0 Å². The number of benzene rings is 2. The van der Waals surface area contributed by atoms with E-state index in [1.165, 1.54) is 0 Å². The lowest BCUT2D eigenvalue weighted by Gasteiger charge is -2.11. The van der Waals surface area contributed by atoms with Gasteiger partial charge >= 0.3 is 0 Å². The molecule has 25 heavy (non-hydrogen) atoms. The molecule has 2 aromatic heterocycles. The van der Waals surface area contributed by atoms with Crippen LogP contribution in [0.25, 0.3) is 27.1 Å². The van der Waals surface area contributed by atoms with Crippen molar-refractivity contribution in [2.24, 2.45) is 0 Å². The Bertz CT molecular complexity index is 1120. The molecular formula is C20H18NO4+. The number of pyridine rings is 2. The number of fused-ring (bicyclic) bond motifs is 4. The number of rotatable bonds is 3. The number of phenolic OH excluding ortho intramolecular Hbond substituents is 1. The predicted octanol–water partition coefficient (Wildman–Crippen LogP) is 3.46. The first-order chi connectivity index (χ1) is 12.2. The first-order valence-electron chi connectivity index (χ1n) is 7.86. The molecule has 0 bridgehead atoms. The van der Waals surface area contributed by atoms with Crippen LogP contribution in [0.3, 0.4) is 0 Å². The second-order valence-electron chi connectivity index (χ2n) is 5.77. The van der Waals surface area contributed by atoms with Crippen LogP contribution in [-0.2, 0) is 0 Å². The molecule has 0 aliphatic rings. The van der Waals surface area contributed by atoms with E-state index < -0.39 is 0 Å². The minimum atomic E-state index is 0.132. The lowest BCUT2D eigenvalue weighted by atomic mass is 10.1. The summed E-state index contributed by atoms with van der Waals surface area (Å²) in [6.07, 6.45) is 3.85. The highest BCUT2D eigenvalue weighted by molar-refractivity contribution is 6.03. The molecule has 0 spiro atoms. The van der Waals surface area contributed by atoms with Gasteiger partial charge in [0.15, 0.2) is 35.4 Å². The highest BCUT2D eigenvalue weighted by Crippen LogP contribution is 2.39. The van der Waals surface area contributed by atoms with Crippen LogP contribution in [0, 0.1) is 0 Å². The van der Waals surface area contributed by atoms with E-state index in [4.69, 9.17) is 14.2 Å². The SMILES string of the molecule is COc1ccc2cc3c4c(OC)c(OC)ccc4cc[n+]3cc2c1O. The van der Waals surface area contributed by atoms with Gasteiger partial charge in [0.1, 0.15) is 0 Å². The first kappa shape index (κ1) is 15.3. The summed E-state index contributed by atoms with van der Waals surface area (Å²) < 4.78 is 18.2. The summed E-state index contributed by atoms with van der Waals surface area (Å²) in [5.74, 6) is 1.95. The third kappa shape index (κ3) is 2.20. The average molecular weight is 336 g/mol. The van der Waals surface area contributed by atoms with Crippen LogP contribution in [0.4, 0.5) is 0 Å². The highest BCUT2D eigenvalue weighted by Gasteiger charge is 2.19. The largest absolute Gasteiger partial charge is 0.504 e. The van der Waals surface area contributed by atoms with Crippen LogP contribution >= 0.6 is 0 Å². The number of phenols is 1. The van der Waals surface area contributed by atoms with Crippen LogP contribution in [0.1, 0.15) is 0 Å². The molecule has 0 aliphatic carbocycles. The number of aromatic hydroxyl groups is 1. The highest BCUT2D eigenvalue weighted by atomic mass is 16.5. The Labute approximate surface area is 144 Å². The number of hydrogen-bond donors (Lipinski definition) is 1. The number of hydrogen-bond acceptors (Lipinski definition) is 4. The van der Waals surface area contributed by atoms with Gasteiger partial charge in [-0.05, 0) is 35.0 Å². The second kappa shape index (κ2) is 5.70. The molecule has 4 rings (SSSR count). The monoisotopic (exact) mass is 336 g/mol. The quantitative estimate of drug-likeness (QED) is 0.354. The van der Waals surface area contributed by atoms with Crippen molar-refractivity contribution in [2.45, 2.75) is 0 Å². The van der Waals surface area contributed by atoms with Crippen molar-refractivity contribution in [1.29, 1.82) is 0 Å². The summed E-state index contributed by atoms with van der Waals surface area (Å²) in [5.41, 5.74) is 0.963. The summed E-state index contributed by atoms with van der Waals surface area (Å²) in [6.45, 7) is 0. The molecule has 5 nitrogen and oxygen atoms in total. The lowest BCUT2D eigenvalue weighted by molar-refractivity contribution is -0.509. The zero-order valence-corrected chi connectivity index (χ0v) is 14.2. The van der Waals surface area contributed by atoms with Gasteiger partial charge in [-0.1, -0.05) is 0 Å². The molecule has 0 aliphatic heterocycles. The van der Waals surface area contributed by atoms with Crippen molar-refractivity contribution in [2.75, 3.05) is 21.3 Å². The third-order valence-electron chi connectivity index (χ3n) is 4.52. The fourth-order valence-electron chi connectivity index (χ4n) is 3.29.